The minimum atomic E-state index is -0.256. The summed E-state index contributed by atoms with van der Waals surface area (Å²) in [5, 5.41) is 13.1. The highest BCUT2D eigenvalue weighted by Crippen LogP contribution is 2.12. The number of aliphatic hydroxyl groups excluding tert-OH is 1. The van der Waals surface area contributed by atoms with Gasteiger partial charge in [0.2, 0.25) is 0 Å². The van der Waals surface area contributed by atoms with Crippen LogP contribution in [0.5, 0.6) is 0 Å². The van der Waals surface area contributed by atoms with Gasteiger partial charge < -0.3 is 15.7 Å². The summed E-state index contributed by atoms with van der Waals surface area (Å²) in [6, 6.07) is 10.8. The summed E-state index contributed by atoms with van der Waals surface area (Å²) in [5.74, 6) is 0.306. The van der Waals surface area contributed by atoms with E-state index in [0.29, 0.717) is 12.4 Å². The number of aryl methyl sites for hydroxylation is 1. The van der Waals surface area contributed by atoms with Gasteiger partial charge in [-0.05, 0) is 36.2 Å². The van der Waals surface area contributed by atoms with Crippen LogP contribution in [0.4, 0.5) is 11.5 Å². The van der Waals surface area contributed by atoms with Crippen molar-refractivity contribution < 1.29 is 5.11 Å². The summed E-state index contributed by atoms with van der Waals surface area (Å²) >= 11 is 0. The molecule has 0 aliphatic carbocycles. The number of hydrogen-bond acceptors (Lipinski definition) is 5. The molecule has 3 N–H and O–H groups in total. The van der Waals surface area contributed by atoms with Crippen molar-refractivity contribution in [2.75, 3.05) is 30.8 Å². The summed E-state index contributed by atoms with van der Waals surface area (Å²) in [4.78, 5) is 13.8. The van der Waals surface area contributed by atoms with Crippen molar-refractivity contribution >= 4 is 17.7 Å². The van der Waals surface area contributed by atoms with E-state index in [-0.39, 0.29) is 12.2 Å². The lowest BCUT2D eigenvalue weighted by atomic mass is 10.2. The van der Waals surface area contributed by atoms with Crippen molar-refractivity contribution in [2.45, 2.75) is 6.92 Å². The van der Waals surface area contributed by atoms with Gasteiger partial charge in [-0.3, -0.25) is 4.79 Å². The maximum absolute atomic E-state index is 11.8. The molecule has 6 heteroatoms. The third-order valence-corrected chi connectivity index (χ3v) is 3.27. The number of nitrogens with two attached hydrogens (primary N) is 1. The van der Waals surface area contributed by atoms with Crippen LogP contribution in [0.15, 0.2) is 46.3 Å². The fourth-order valence-corrected chi connectivity index (χ4v) is 2.06. The van der Waals surface area contributed by atoms with E-state index in [1.54, 1.807) is 12.3 Å². The molecule has 1 aromatic heterocycles. The Morgan fingerprint density at radius 3 is 2.59 bits per heavy atom. The maximum atomic E-state index is 11.8. The van der Waals surface area contributed by atoms with Crippen molar-refractivity contribution in [3.05, 3.63) is 57.9 Å². The number of likely N-dealkylation sites (N-methyl/N-ethyl adjacent to an activating group) is 1. The second-order valence-corrected chi connectivity index (χ2v) is 5.09. The summed E-state index contributed by atoms with van der Waals surface area (Å²) in [6.45, 7) is 2.49. The van der Waals surface area contributed by atoms with E-state index in [2.05, 4.69) is 5.10 Å². The predicted molar refractivity (Wildman–Crippen MR) is 89.6 cm³/mol. The number of hydrogen-bond donors (Lipinski definition) is 2. The third kappa shape index (κ3) is 3.73. The fraction of sp³-hybridized carbons (Fsp3) is 0.250. The number of nitrogens with zero attached hydrogens (tertiary/aromatic N) is 3. The van der Waals surface area contributed by atoms with Crippen molar-refractivity contribution in [2.24, 2.45) is 5.10 Å². The zero-order chi connectivity index (χ0) is 16.1. The Kier molecular flexibility index (Phi) is 4.95. The molecule has 2 rings (SSSR count). The SMILES string of the molecule is Cc1cc(N)n(/N=C\c2ccc(N(C)CCO)cc2)c(=O)c1. The second kappa shape index (κ2) is 6.91. The van der Waals surface area contributed by atoms with E-state index in [9.17, 15) is 4.79 Å². The van der Waals surface area contributed by atoms with Gasteiger partial charge in [-0.2, -0.15) is 9.78 Å². The molecule has 0 bridgehead atoms. The number of anilines is 2. The van der Waals surface area contributed by atoms with Crippen LogP contribution in [0.3, 0.4) is 0 Å². The first kappa shape index (κ1) is 15.8. The van der Waals surface area contributed by atoms with E-state index < -0.39 is 0 Å². The Hall–Kier alpha value is -2.60. The molecule has 0 fully saturated rings. The Morgan fingerprint density at radius 1 is 1.32 bits per heavy atom. The van der Waals surface area contributed by atoms with E-state index in [4.69, 9.17) is 10.8 Å². The lowest BCUT2D eigenvalue weighted by molar-refractivity contribution is 0.304. The zero-order valence-electron chi connectivity index (χ0n) is 12.7. The molecule has 1 heterocycles. The van der Waals surface area contributed by atoms with Gasteiger partial charge >= 0.3 is 0 Å². The molecule has 2 aromatic rings. The van der Waals surface area contributed by atoms with Gasteiger partial charge in [0, 0.05) is 25.3 Å². The molecule has 0 atom stereocenters. The first-order valence-corrected chi connectivity index (χ1v) is 6.97. The predicted octanol–water partition coefficient (Wildman–Crippen LogP) is 1.05. The topological polar surface area (TPSA) is 83.8 Å². The molecule has 0 aliphatic heterocycles. The largest absolute Gasteiger partial charge is 0.395 e. The van der Waals surface area contributed by atoms with E-state index in [0.717, 1.165) is 16.8 Å². The quantitative estimate of drug-likeness (QED) is 0.808. The van der Waals surface area contributed by atoms with Gasteiger partial charge in [0.15, 0.2) is 0 Å². The average molecular weight is 300 g/mol. The van der Waals surface area contributed by atoms with E-state index in [1.165, 1.54) is 10.7 Å². The van der Waals surface area contributed by atoms with Crippen LogP contribution >= 0.6 is 0 Å². The summed E-state index contributed by atoms with van der Waals surface area (Å²) in [7, 11) is 1.91. The van der Waals surface area contributed by atoms with Crippen LogP contribution < -0.4 is 16.2 Å². The van der Waals surface area contributed by atoms with Crippen molar-refractivity contribution in [1.29, 1.82) is 0 Å². The zero-order valence-corrected chi connectivity index (χ0v) is 12.7. The third-order valence-electron chi connectivity index (χ3n) is 3.27. The van der Waals surface area contributed by atoms with Crippen LogP contribution in [0.1, 0.15) is 11.1 Å². The molecule has 0 radical (unpaired) electrons. The molecule has 0 saturated heterocycles. The molecule has 22 heavy (non-hydrogen) atoms. The van der Waals surface area contributed by atoms with Gasteiger partial charge in [-0.25, -0.2) is 0 Å². The monoisotopic (exact) mass is 300 g/mol. The van der Waals surface area contributed by atoms with Gasteiger partial charge in [0.1, 0.15) is 5.82 Å². The highest BCUT2D eigenvalue weighted by atomic mass is 16.3. The smallest absolute Gasteiger partial charge is 0.273 e. The summed E-state index contributed by atoms with van der Waals surface area (Å²) in [5.41, 5.74) is 8.21. The minimum absolute atomic E-state index is 0.106. The van der Waals surface area contributed by atoms with Crippen molar-refractivity contribution in [3.8, 4) is 0 Å². The maximum Gasteiger partial charge on any atom is 0.273 e. The van der Waals surface area contributed by atoms with Crippen LogP contribution in [0.25, 0.3) is 0 Å². The summed E-state index contributed by atoms with van der Waals surface area (Å²) in [6.07, 6.45) is 1.59. The Balaban J connectivity index is 2.19. The van der Waals surface area contributed by atoms with Gasteiger partial charge in [0.25, 0.3) is 5.56 Å². The van der Waals surface area contributed by atoms with Gasteiger partial charge in [0.05, 0.1) is 12.8 Å². The van der Waals surface area contributed by atoms with E-state index >= 15 is 0 Å². The number of rotatable bonds is 5. The Labute approximate surface area is 129 Å². The molecular weight excluding hydrogens is 280 g/mol. The molecule has 0 spiro atoms. The second-order valence-electron chi connectivity index (χ2n) is 5.09. The molecular formula is C16H20N4O2. The first-order chi connectivity index (χ1) is 10.5. The molecule has 0 aliphatic rings. The highest BCUT2D eigenvalue weighted by Gasteiger charge is 2.01. The molecule has 116 valence electrons. The molecule has 0 unspecified atom stereocenters. The standard InChI is InChI=1S/C16H20N4O2/c1-12-9-15(17)20(16(22)10-12)18-11-13-3-5-14(6-4-13)19(2)7-8-21/h3-6,9-11,21H,7-8,17H2,1-2H3/b18-11-. The number of benzene rings is 1. The normalized spacial score (nSPS) is 11.0. The average Bonchev–Trinajstić information content (AvgIpc) is 2.47. The molecule has 1 aromatic carbocycles. The van der Waals surface area contributed by atoms with Crippen LogP contribution in [0, 0.1) is 6.92 Å². The van der Waals surface area contributed by atoms with Crippen LogP contribution in [0.2, 0.25) is 0 Å². The molecule has 0 saturated carbocycles. The lowest BCUT2D eigenvalue weighted by Gasteiger charge is -2.17. The minimum Gasteiger partial charge on any atom is -0.395 e. The Bertz CT molecular complexity index is 720. The number of nitrogen functional groups attached to an aromatic ring is 1. The van der Waals surface area contributed by atoms with E-state index in [1.807, 2.05) is 43.1 Å². The number of aliphatic hydroxyl groups is 1. The highest BCUT2D eigenvalue weighted by molar-refractivity contribution is 5.80. The lowest BCUT2D eigenvalue weighted by Crippen LogP contribution is -2.21. The first-order valence-electron chi connectivity index (χ1n) is 6.97. The molecule has 0 amide bonds. The number of aromatic nitrogens is 1. The van der Waals surface area contributed by atoms with Crippen LogP contribution in [-0.4, -0.2) is 36.2 Å². The molecule has 6 nitrogen and oxygen atoms in total. The fourth-order valence-electron chi connectivity index (χ4n) is 2.06. The Morgan fingerprint density at radius 2 is 2.00 bits per heavy atom. The summed E-state index contributed by atoms with van der Waals surface area (Å²) < 4.78 is 1.17. The van der Waals surface area contributed by atoms with Crippen molar-refractivity contribution in [1.82, 2.24) is 4.68 Å². The van der Waals surface area contributed by atoms with Crippen LogP contribution in [-0.2, 0) is 0 Å². The number of pyridine rings is 1. The van der Waals surface area contributed by atoms with Gasteiger partial charge in [-0.15, -0.1) is 0 Å². The van der Waals surface area contributed by atoms with Crippen molar-refractivity contribution in [3.63, 3.8) is 0 Å². The van der Waals surface area contributed by atoms with Gasteiger partial charge in [-0.1, -0.05) is 12.1 Å².